The number of hydrogen-bond donors (Lipinski definition) is 1. The molecule has 0 atom stereocenters. The van der Waals surface area contributed by atoms with E-state index in [1.807, 2.05) is 47.3 Å². The van der Waals surface area contributed by atoms with Crippen LogP contribution >= 0.6 is 0 Å². The maximum Gasteiger partial charge on any atom is 0.273 e. The number of amides is 1. The maximum atomic E-state index is 12.3. The quantitative estimate of drug-likeness (QED) is 0.660. The van der Waals surface area contributed by atoms with Gasteiger partial charge in [-0.1, -0.05) is 12.1 Å². The molecule has 2 aromatic heterocycles. The number of rotatable bonds is 7. The van der Waals surface area contributed by atoms with Gasteiger partial charge in [-0.2, -0.15) is 4.98 Å². The molecule has 0 bridgehead atoms. The normalized spacial score (nSPS) is 11.3. The van der Waals surface area contributed by atoms with Crippen LogP contribution in [0, 0.1) is 6.92 Å². The summed E-state index contributed by atoms with van der Waals surface area (Å²) in [5.41, 5.74) is 1.91. The van der Waals surface area contributed by atoms with Crippen LogP contribution in [0.3, 0.4) is 0 Å². The first kappa shape index (κ1) is 17.2. The van der Waals surface area contributed by atoms with Gasteiger partial charge in [0.05, 0.1) is 5.52 Å². The summed E-state index contributed by atoms with van der Waals surface area (Å²) in [7, 11) is 0. The van der Waals surface area contributed by atoms with Crippen molar-refractivity contribution in [1.82, 2.24) is 19.5 Å². The number of aromatic nitrogens is 3. The number of fused-ring (bicyclic) bond motifs is 3. The van der Waals surface area contributed by atoms with Gasteiger partial charge in [-0.25, -0.2) is 4.52 Å². The standard InChI is InChI=1S/C18H22N4O3/c1-3-25-10-6-9-19-17(24)12-21-15-8-5-4-7-14(15)18-20-16(23)11-13(2)22(18)21/h4-5,7-8,11H,3,6,9-10,12H2,1-2H3,(H,19,24). The van der Waals surface area contributed by atoms with Crippen molar-refractivity contribution in [2.24, 2.45) is 0 Å². The molecule has 0 aliphatic rings. The SMILES string of the molecule is CCOCCCNC(=O)Cn1c2ccccc2c2nc(=O)cc(C)n21. The number of ether oxygens (including phenoxy) is 1. The van der Waals surface area contributed by atoms with Gasteiger partial charge >= 0.3 is 0 Å². The summed E-state index contributed by atoms with van der Waals surface area (Å²) < 4.78 is 8.94. The molecule has 1 amide bonds. The molecule has 25 heavy (non-hydrogen) atoms. The lowest BCUT2D eigenvalue weighted by Crippen LogP contribution is -2.30. The molecule has 1 N–H and O–H groups in total. The van der Waals surface area contributed by atoms with Crippen LogP contribution in [0.15, 0.2) is 35.1 Å². The van der Waals surface area contributed by atoms with Gasteiger partial charge in [0.15, 0.2) is 5.65 Å². The smallest absolute Gasteiger partial charge is 0.273 e. The molecule has 0 radical (unpaired) electrons. The Balaban J connectivity index is 1.90. The zero-order valence-electron chi connectivity index (χ0n) is 14.5. The second kappa shape index (κ2) is 7.48. The highest BCUT2D eigenvalue weighted by molar-refractivity contribution is 5.93. The van der Waals surface area contributed by atoms with E-state index in [0.29, 0.717) is 25.4 Å². The molecule has 0 spiro atoms. The first-order chi connectivity index (χ1) is 12.1. The number of hydrogen-bond acceptors (Lipinski definition) is 4. The average molecular weight is 342 g/mol. The molecule has 0 aliphatic heterocycles. The van der Waals surface area contributed by atoms with Crippen LogP contribution in [0.2, 0.25) is 0 Å². The third kappa shape index (κ3) is 3.56. The summed E-state index contributed by atoms with van der Waals surface area (Å²) >= 11 is 0. The van der Waals surface area contributed by atoms with Crippen LogP contribution in [0.25, 0.3) is 16.6 Å². The molecule has 1 aromatic carbocycles. The Labute approximate surface area is 145 Å². The van der Waals surface area contributed by atoms with E-state index in [0.717, 1.165) is 23.0 Å². The molecule has 132 valence electrons. The van der Waals surface area contributed by atoms with Gasteiger partial charge in [0.25, 0.3) is 5.56 Å². The lowest BCUT2D eigenvalue weighted by atomic mass is 10.2. The number of nitrogens with zero attached hydrogens (tertiary/aromatic N) is 3. The number of benzene rings is 1. The van der Waals surface area contributed by atoms with E-state index >= 15 is 0 Å². The van der Waals surface area contributed by atoms with Crippen molar-refractivity contribution in [3.05, 3.63) is 46.4 Å². The third-order valence-corrected chi connectivity index (χ3v) is 4.03. The van der Waals surface area contributed by atoms with Crippen molar-refractivity contribution in [1.29, 1.82) is 0 Å². The third-order valence-electron chi connectivity index (χ3n) is 4.03. The minimum Gasteiger partial charge on any atom is -0.382 e. The molecule has 0 fully saturated rings. The lowest BCUT2D eigenvalue weighted by Gasteiger charge is -2.11. The summed E-state index contributed by atoms with van der Waals surface area (Å²) in [6.07, 6.45) is 0.778. The Kier molecular flexibility index (Phi) is 5.14. The van der Waals surface area contributed by atoms with E-state index in [2.05, 4.69) is 10.3 Å². The van der Waals surface area contributed by atoms with Crippen LogP contribution in [0.1, 0.15) is 19.0 Å². The second-order valence-corrected chi connectivity index (χ2v) is 5.85. The summed E-state index contributed by atoms with van der Waals surface area (Å²) in [4.78, 5) is 28.2. The highest BCUT2D eigenvalue weighted by Gasteiger charge is 2.15. The topological polar surface area (TPSA) is 77.6 Å². The minimum absolute atomic E-state index is 0.0859. The number of nitrogens with one attached hydrogen (secondary N) is 1. The highest BCUT2D eigenvalue weighted by Crippen LogP contribution is 2.21. The first-order valence-electron chi connectivity index (χ1n) is 8.44. The number of para-hydroxylation sites is 1. The maximum absolute atomic E-state index is 12.3. The predicted molar refractivity (Wildman–Crippen MR) is 95.8 cm³/mol. The van der Waals surface area contributed by atoms with Crippen molar-refractivity contribution in [2.45, 2.75) is 26.8 Å². The van der Waals surface area contributed by atoms with E-state index in [-0.39, 0.29) is 18.0 Å². The van der Waals surface area contributed by atoms with Crippen LogP contribution < -0.4 is 10.9 Å². The molecule has 7 nitrogen and oxygen atoms in total. The molecule has 2 heterocycles. The summed E-state index contributed by atoms with van der Waals surface area (Å²) in [5, 5.41) is 3.76. The Morgan fingerprint density at radius 3 is 2.92 bits per heavy atom. The van der Waals surface area contributed by atoms with Gasteiger partial charge in [0.1, 0.15) is 6.54 Å². The van der Waals surface area contributed by atoms with E-state index in [1.165, 1.54) is 6.07 Å². The van der Waals surface area contributed by atoms with Crippen LogP contribution in [0.4, 0.5) is 0 Å². The molecular formula is C18H22N4O3. The van der Waals surface area contributed by atoms with Crippen molar-refractivity contribution in [3.8, 4) is 0 Å². The monoisotopic (exact) mass is 342 g/mol. The van der Waals surface area contributed by atoms with Gasteiger partial charge in [0.2, 0.25) is 5.91 Å². The zero-order valence-corrected chi connectivity index (χ0v) is 14.5. The lowest BCUT2D eigenvalue weighted by molar-refractivity contribution is -0.121. The molecule has 3 aromatic rings. The van der Waals surface area contributed by atoms with Gasteiger partial charge in [-0.05, 0) is 32.4 Å². The summed E-state index contributed by atoms with van der Waals surface area (Å²) in [5.74, 6) is -0.0859. The van der Waals surface area contributed by atoms with Gasteiger partial charge in [0, 0.05) is 36.9 Å². The average Bonchev–Trinajstić information content (AvgIpc) is 2.89. The molecule has 0 saturated heterocycles. The summed E-state index contributed by atoms with van der Waals surface area (Å²) in [6, 6.07) is 9.12. The number of aryl methyl sites for hydroxylation is 1. The fourth-order valence-corrected chi connectivity index (χ4v) is 2.96. The van der Waals surface area contributed by atoms with E-state index < -0.39 is 0 Å². The van der Waals surface area contributed by atoms with E-state index in [9.17, 15) is 9.59 Å². The van der Waals surface area contributed by atoms with Gasteiger partial charge in [-0.3, -0.25) is 14.3 Å². The molecular weight excluding hydrogens is 320 g/mol. The number of carbonyl (C=O) groups is 1. The van der Waals surface area contributed by atoms with Gasteiger partial charge < -0.3 is 10.1 Å². The predicted octanol–water partition coefficient (Wildman–Crippen LogP) is 1.50. The van der Waals surface area contributed by atoms with E-state index in [1.54, 1.807) is 0 Å². The largest absolute Gasteiger partial charge is 0.382 e. The molecule has 0 aliphatic carbocycles. The Morgan fingerprint density at radius 1 is 1.32 bits per heavy atom. The van der Waals surface area contributed by atoms with Crippen molar-refractivity contribution >= 4 is 22.5 Å². The summed E-state index contributed by atoms with van der Waals surface area (Å²) in [6.45, 7) is 5.83. The molecule has 3 rings (SSSR count). The fourth-order valence-electron chi connectivity index (χ4n) is 2.96. The molecule has 7 heteroatoms. The van der Waals surface area contributed by atoms with Gasteiger partial charge in [-0.15, -0.1) is 0 Å². The minimum atomic E-state index is -0.277. The highest BCUT2D eigenvalue weighted by atomic mass is 16.5. The Hall–Kier alpha value is -2.67. The Bertz CT molecular complexity index is 958. The Morgan fingerprint density at radius 2 is 2.12 bits per heavy atom. The molecule has 0 unspecified atom stereocenters. The first-order valence-corrected chi connectivity index (χ1v) is 8.44. The van der Waals surface area contributed by atoms with Crippen molar-refractivity contribution in [3.63, 3.8) is 0 Å². The van der Waals surface area contributed by atoms with Crippen LogP contribution in [0.5, 0.6) is 0 Å². The van der Waals surface area contributed by atoms with Crippen molar-refractivity contribution in [2.75, 3.05) is 19.8 Å². The number of carbonyl (C=O) groups excluding carboxylic acids is 1. The molecule has 0 saturated carbocycles. The van der Waals surface area contributed by atoms with Crippen LogP contribution in [-0.4, -0.2) is 39.8 Å². The second-order valence-electron chi connectivity index (χ2n) is 5.85. The van der Waals surface area contributed by atoms with Crippen molar-refractivity contribution < 1.29 is 9.53 Å². The van der Waals surface area contributed by atoms with E-state index in [4.69, 9.17) is 4.74 Å². The fraction of sp³-hybridized carbons (Fsp3) is 0.389. The zero-order chi connectivity index (χ0) is 17.8. The van der Waals surface area contributed by atoms with Crippen LogP contribution in [-0.2, 0) is 16.1 Å².